The molecule has 7 nitrogen and oxygen atoms in total. The second-order valence-electron chi connectivity index (χ2n) is 7.71. The first-order valence-corrected chi connectivity index (χ1v) is 11.1. The monoisotopic (exact) mass is 474 g/mol. The Hall–Kier alpha value is -2.59. The summed E-state index contributed by atoms with van der Waals surface area (Å²) in [6, 6.07) is 13.7. The van der Waals surface area contributed by atoms with Crippen LogP contribution < -0.4 is 5.32 Å². The molecule has 1 saturated heterocycles. The first kappa shape index (κ1) is 22.6. The Labute approximate surface area is 196 Å². The lowest BCUT2D eigenvalue weighted by Gasteiger charge is -2.33. The number of piperazine rings is 1. The third-order valence-corrected chi connectivity index (χ3v) is 6.28. The minimum absolute atomic E-state index is 0.0898. The predicted molar refractivity (Wildman–Crippen MR) is 126 cm³/mol. The molecule has 0 spiro atoms. The average Bonchev–Trinajstić information content (AvgIpc) is 3.05. The van der Waals surface area contributed by atoms with Gasteiger partial charge in [0.1, 0.15) is 5.82 Å². The van der Waals surface area contributed by atoms with Crippen molar-refractivity contribution < 1.29 is 9.18 Å². The van der Waals surface area contributed by atoms with Crippen LogP contribution in [0.5, 0.6) is 0 Å². The molecule has 1 N–H and O–H groups in total. The maximum atomic E-state index is 14.2. The summed E-state index contributed by atoms with van der Waals surface area (Å²) in [5.41, 5.74) is 1.04. The van der Waals surface area contributed by atoms with Crippen LogP contribution in [0.25, 0.3) is 11.4 Å². The molecule has 1 aromatic heterocycles. The van der Waals surface area contributed by atoms with Crippen LogP contribution >= 0.6 is 23.8 Å². The third kappa shape index (κ3) is 5.07. The van der Waals surface area contributed by atoms with Gasteiger partial charge in [-0.2, -0.15) is 5.10 Å². The Morgan fingerprint density at radius 3 is 2.47 bits per heavy atom. The highest BCUT2D eigenvalue weighted by Crippen LogP contribution is 2.22. The quantitative estimate of drug-likeness (QED) is 0.553. The first-order chi connectivity index (χ1) is 15.4. The van der Waals surface area contributed by atoms with Crippen LogP contribution in [0.1, 0.15) is 0 Å². The fourth-order valence-corrected chi connectivity index (χ4v) is 4.06. The summed E-state index contributed by atoms with van der Waals surface area (Å²) in [5, 5.41) is 7.94. The van der Waals surface area contributed by atoms with E-state index in [9.17, 15) is 9.18 Å². The molecule has 0 bridgehead atoms. The third-order valence-electron chi connectivity index (χ3n) is 5.47. The molecule has 3 aromatic rings. The minimum atomic E-state index is -0.327. The highest BCUT2D eigenvalue weighted by molar-refractivity contribution is 7.71. The Morgan fingerprint density at radius 1 is 1.09 bits per heavy atom. The number of nitrogens with one attached hydrogen (secondary N) is 1. The number of amides is 1. The van der Waals surface area contributed by atoms with Crippen LogP contribution in [0.3, 0.4) is 0 Å². The summed E-state index contributed by atoms with van der Waals surface area (Å²) in [5.74, 6) is 0.0856. The summed E-state index contributed by atoms with van der Waals surface area (Å²) in [6.45, 7) is 3.85. The van der Waals surface area contributed by atoms with Crippen LogP contribution in [-0.2, 0) is 18.5 Å². The van der Waals surface area contributed by atoms with Gasteiger partial charge in [-0.3, -0.25) is 14.6 Å². The van der Waals surface area contributed by atoms with E-state index in [1.807, 2.05) is 12.1 Å². The van der Waals surface area contributed by atoms with Crippen molar-refractivity contribution in [1.82, 2.24) is 24.1 Å². The molecular formula is C22H24ClFN6OS. The van der Waals surface area contributed by atoms with E-state index >= 15 is 0 Å². The van der Waals surface area contributed by atoms with Crippen LogP contribution in [0.15, 0.2) is 48.5 Å². The number of rotatable bonds is 6. The smallest absolute Gasteiger partial charge is 0.238 e. The lowest BCUT2D eigenvalue weighted by atomic mass is 10.2. The Morgan fingerprint density at radius 2 is 1.75 bits per heavy atom. The molecule has 0 unspecified atom stereocenters. The van der Waals surface area contributed by atoms with Gasteiger partial charge in [-0.25, -0.2) is 9.07 Å². The van der Waals surface area contributed by atoms with Crippen molar-refractivity contribution in [2.24, 2.45) is 7.05 Å². The second kappa shape index (κ2) is 9.91. The molecule has 2 aromatic carbocycles. The van der Waals surface area contributed by atoms with Crippen molar-refractivity contribution in [2.75, 3.05) is 38.0 Å². The van der Waals surface area contributed by atoms with Gasteiger partial charge in [-0.15, -0.1) is 0 Å². The van der Waals surface area contributed by atoms with Gasteiger partial charge in [0.05, 0.1) is 29.5 Å². The lowest BCUT2D eigenvalue weighted by Crippen LogP contribution is -2.49. The largest absolute Gasteiger partial charge is 0.324 e. The molecule has 0 aliphatic carbocycles. The molecule has 10 heteroatoms. The van der Waals surface area contributed by atoms with Crippen molar-refractivity contribution in [2.45, 2.75) is 6.67 Å². The van der Waals surface area contributed by atoms with E-state index in [2.05, 4.69) is 20.2 Å². The molecule has 0 atom stereocenters. The molecule has 1 amide bonds. The standard InChI is InChI=1S/C22H24ClFN6OS/c1-27-21(16-6-2-4-8-18(16)24)26-30(22(27)32)15-29-12-10-28(11-13-29)14-20(31)25-19-9-5-3-7-17(19)23/h2-9H,10-15H2,1H3,(H,25,31). The fourth-order valence-electron chi connectivity index (χ4n) is 3.69. The zero-order valence-electron chi connectivity index (χ0n) is 17.7. The number of benzene rings is 2. The molecule has 1 aliphatic rings. The molecule has 1 aliphatic heterocycles. The van der Waals surface area contributed by atoms with Gasteiger partial charge in [-0.1, -0.05) is 35.9 Å². The summed E-state index contributed by atoms with van der Waals surface area (Å²) < 4.78 is 18.2. The van der Waals surface area contributed by atoms with Crippen molar-refractivity contribution in [3.05, 3.63) is 64.1 Å². The van der Waals surface area contributed by atoms with E-state index in [1.54, 1.807) is 46.6 Å². The first-order valence-electron chi connectivity index (χ1n) is 10.3. The van der Waals surface area contributed by atoms with Gasteiger partial charge in [-0.05, 0) is 36.5 Å². The summed E-state index contributed by atoms with van der Waals surface area (Å²) >= 11 is 11.6. The van der Waals surface area contributed by atoms with Crippen LogP contribution in [0, 0.1) is 10.6 Å². The van der Waals surface area contributed by atoms with Gasteiger partial charge in [0.2, 0.25) is 5.91 Å². The topological polar surface area (TPSA) is 58.3 Å². The summed E-state index contributed by atoms with van der Waals surface area (Å²) in [4.78, 5) is 16.7. The van der Waals surface area contributed by atoms with Gasteiger partial charge in [0.15, 0.2) is 10.6 Å². The molecule has 0 saturated carbocycles. The van der Waals surface area contributed by atoms with Gasteiger partial charge >= 0.3 is 0 Å². The van der Waals surface area contributed by atoms with Crippen molar-refractivity contribution in [3.63, 3.8) is 0 Å². The highest BCUT2D eigenvalue weighted by atomic mass is 35.5. The number of para-hydroxylation sites is 1. The number of aromatic nitrogens is 3. The molecule has 0 radical (unpaired) electrons. The number of nitrogens with zero attached hydrogens (tertiary/aromatic N) is 5. The summed E-state index contributed by atoms with van der Waals surface area (Å²) in [6.07, 6.45) is 0. The van der Waals surface area contributed by atoms with Gasteiger partial charge < -0.3 is 9.88 Å². The second-order valence-corrected chi connectivity index (χ2v) is 8.48. The SMILES string of the molecule is Cn1c(-c2ccccc2F)nn(CN2CCN(CC(=O)Nc3ccccc3Cl)CC2)c1=S. The van der Waals surface area contributed by atoms with E-state index in [-0.39, 0.29) is 11.7 Å². The normalized spacial score (nSPS) is 15.1. The van der Waals surface area contributed by atoms with E-state index in [1.165, 1.54) is 6.07 Å². The van der Waals surface area contributed by atoms with Crippen molar-refractivity contribution in [1.29, 1.82) is 0 Å². The molecule has 4 rings (SSSR count). The van der Waals surface area contributed by atoms with Gasteiger partial charge in [0, 0.05) is 33.2 Å². The fraction of sp³-hybridized carbons (Fsp3) is 0.318. The highest BCUT2D eigenvalue weighted by Gasteiger charge is 2.21. The maximum absolute atomic E-state index is 14.2. The lowest BCUT2D eigenvalue weighted by molar-refractivity contribution is -0.117. The van der Waals surface area contributed by atoms with E-state index in [0.29, 0.717) is 40.1 Å². The molecule has 1 fully saturated rings. The number of hydrogen-bond acceptors (Lipinski definition) is 5. The Balaban J connectivity index is 1.33. The molecule has 32 heavy (non-hydrogen) atoms. The average molecular weight is 475 g/mol. The van der Waals surface area contributed by atoms with E-state index in [0.717, 1.165) is 26.2 Å². The van der Waals surface area contributed by atoms with Crippen LogP contribution in [0.4, 0.5) is 10.1 Å². The molecule has 168 valence electrons. The maximum Gasteiger partial charge on any atom is 0.238 e. The Kier molecular flexibility index (Phi) is 7.00. The van der Waals surface area contributed by atoms with Crippen molar-refractivity contribution in [3.8, 4) is 11.4 Å². The Bertz CT molecular complexity index is 1170. The van der Waals surface area contributed by atoms with E-state index in [4.69, 9.17) is 23.8 Å². The van der Waals surface area contributed by atoms with Crippen molar-refractivity contribution >= 4 is 35.4 Å². The number of carbonyl (C=O) groups is 1. The summed E-state index contributed by atoms with van der Waals surface area (Å²) in [7, 11) is 1.79. The number of hydrogen-bond donors (Lipinski definition) is 1. The number of carbonyl (C=O) groups excluding carboxylic acids is 1. The predicted octanol–water partition coefficient (Wildman–Crippen LogP) is 3.62. The van der Waals surface area contributed by atoms with Gasteiger partial charge in [0.25, 0.3) is 0 Å². The van der Waals surface area contributed by atoms with E-state index < -0.39 is 0 Å². The number of halogens is 2. The zero-order valence-corrected chi connectivity index (χ0v) is 19.2. The molecular weight excluding hydrogens is 451 g/mol. The minimum Gasteiger partial charge on any atom is -0.324 e. The van der Waals surface area contributed by atoms with Crippen LogP contribution in [0.2, 0.25) is 5.02 Å². The number of anilines is 1. The van der Waals surface area contributed by atoms with Crippen LogP contribution in [-0.4, -0.2) is 62.8 Å². The zero-order chi connectivity index (χ0) is 22.7. The molecule has 2 heterocycles.